The quantitative estimate of drug-likeness (QED) is 0.677. The number of hydrogen-bond acceptors (Lipinski definition) is 1. The highest BCUT2D eigenvalue weighted by Gasteiger charge is 2.36. The Bertz CT molecular complexity index is 416. The van der Waals surface area contributed by atoms with E-state index >= 15 is 0 Å². The third-order valence-corrected chi connectivity index (χ3v) is 3.65. The molecule has 0 bridgehead atoms. The van der Waals surface area contributed by atoms with Crippen LogP contribution in [0.1, 0.15) is 30.7 Å². The van der Waals surface area contributed by atoms with Gasteiger partial charge in [0.05, 0.1) is 0 Å². The molecule has 1 nitrogen and oxygen atoms in total. The predicted molar refractivity (Wildman–Crippen MR) is 59.6 cm³/mol. The van der Waals surface area contributed by atoms with Crippen molar-refractivity contribution in [1.29, 1.82) is 0 Å². The van der Waals surface area contributed by atoms with Crippen LogP contribution in [0.2, 0.25) is 0 Å². The van der Waals surface area contributed by atoms with Crippen molar-refractivity contribution in [3.05, 3.63) is 47.5 Å². The van der Waals surface area contributed by atoms with Crippen molar-refractivity contribution < 1.29 is 4.79 Å². The third-order valence-electron chi connectivity index (χ3n) is 3.65. The first-order valence-corrected chi connectivity index (χ1v) is 5.64. The molecule has 0 N–H and O–H groups in total. The van der Waals surface area contributed by atoms with E-state index in [1.165, 1.54) is 24.0 Å². The topological polar surface area (TPSA) is 17.1 Å². The van der Waals surface area contributed by atoms with Gasteiger partial charge in [-0.25, -0.2) is 0 Å². The standard InChI is InChI=1S/C14H14O/c15-12-8-11-6-7-13(14(11)9-12)10-4-2-1-3-5-10/h1-5,9,11,13H,6-8H2. The monoisotopic (exact) mass is 198 g/mol. The molecule has 0 amide bonds. The van der Waals surface area contributed by atoms with Gasteiger partial charge in [0.25, 0.3) is 0 Å². The molecule has 2 aliphatic rings. The number of carbonyl (C=O) groups excluding carboxylic acids is 1. The van der Waals surface area contributed by atoms with E-state index in [9.17, 15) is 4.79 Å². The summed E-state index contributed by atoms with van der Waals surface area (Å²) in [6.45, 7) is 0. The van der Waals surface area contributed by atoms with E-state index in [0.717, 1.165) is 6.42 Å². The zero-order chi connectivity index (χ0) is 10.3. The number of hydrogen-bond donors (Lipinski definition) is 0. The number of rotatable bonds is 1. The molecule has 1 heteroatoms. The van der Waals surface area contributed by atoms with Crippen LogP contribution in [0.3, 0.4) is 0 Å². The normalized spacial score (nSPS) is 29.1. The highest BCUT2D eigenvalue weighted by Crippen LogP contribution is 2.47. The van der Waals surface area contributed by atoms with Crippen molar-refractivity contribution >= 4 is 5.78 Å². The van der Waals surface area contributed by atoms with Crippen LogP contribution in [-0.4, -0.2) is 5.78 Å². The first kappa shape index (κ1) is 8.90. The van der Waals surface area contributed by atoms with Crippen molar-refractivity contribution in [3.63, 3.8) is 0 Å². The van der Waals surface area contributed by atoms with Gasteiger partial charge in [-0.1, -0.05) is 35.9 Å². The van der Waals surface area contributed by atoms with Gasteiger partial charge in [0.2, 0.25) is 0 Å². The second-order valence-corrected chi connectivity index (χ2v) is 4.55. The Morgan fingerprint density at radius 1 is 1.07 bits per heavy atom. The van der Waals surface area contributed by atoms with E-state index in [1.54, 1.807) is 0 Å². The maximum Gasteiger partial charge on any atom is 0.156 e. The first-order chi connectivity index (χ1) is 7.34. The fraction of sp³-hybridized carbons (Fsp3) is 0.357. The van der Waals surface area contributed by atoms with Gasteiger partial charge >= 0.3 is 0 Å². The third kappa shape index (κ3) is 1.43. The second kappa shape index (κ2) is 3.34. The maximum atomic E-state index is 11.4. The largest absolute Gasteiger partial charge is 0.295 e. The molecule has 0 aliphatic heterocycles. The van der Waals surface area contributed by atoms with E-state index in [1.807, 2.05) is 12.1 Å². The highest BCUT2D eigenvalue weighted by molar-refractivity contribution is 5.94. The minimum Gasteiger partial charge on any atom is -0.295 e. The molecule has 0 aromatic heterocycles. The summed E-state index contributed by atoms with van der Waals surface area (Å²) in [5.41, 5.74) is 2.77. The van der Waals surface area contributed by atoms with Crippen LogP contribution >= 0.6 is 0 Å². The lowest BCUT2D eigenvalue weighted by Crippen LogP contribution is -1.96. The molecule has 0 saturated heterocycles. The van der Waals surface area contributed by atoms with Crippen molar-refractivity contribution in [2.45, 2.75) is 25.2 Å². The summed E-state index contributed by atoms with van der Waals surface area (Å²) in [6, 6.07) is 10.6. The number of benzene rings is 1. The van der Waals surface area contributed by atoms with E-state index in [2.05, 4.69) is 24.3 Å². The van der Waals surface area contributed by atoms with E-state index < -0.39 is 0 Å². The van der Waals surface area contributed by atoms with Gasteiger partial charge in [-0.15, -0.1) is 0 Å². The molecule has 1 aromatic rings. The van der Waals surface area contributed by atoms with E-state index in [-0.39, 0.29) is 0 Å². The summed E-state index contributed by atoms with van der Waals surface area (Å²) in [6.07, 6.45) is 5.07. The molecule has 2 aliphatic carbocycles. The second-order valence-electron chi connectivity index (χ2n) is 4.55. The van der Waals surface area contributed by atoms with Crippen LogP contribution < -0.4 is 0 Å². The van der Waals surface area contributed by atoms with Crippen molar-refractivity contribution in [2.24, 2.45) is 5.92 Å². The summed E-state index contributed by atoms with van der Waals surface area (Å²) < 4.78 is 0. The Hall–Kier alpha value is -1.37. The average Bonchev–Trinajstić information content (AvgIpc) is 2.77. The van der Waals surface area contributed by atoms with Crippen molar-refractivity contribution in [1.82, 2.24) is 0 Å². The Morgan fingerprint density at radius 2 is 1.87 bits per heavy atom. The Kier molecular flexibility index (Phi) is 1.98. The molecule has 1 aromatic carbocycles. The molecule has 0 spiro atoms. The molecule has 1 saturated carbocycles. The molecule has 76 valence electrons. The minimum absolute atomic E-state index is 0.329. The number of fused-ring (bicyclic) bond motifs is 1. The minimum atomic E-state index is 0.329. The Balaban J connectivity index is 1.96. The molecule has 2 atom stereocenters. The average molecular weight is 198 g/mol. The number of allylic oxidation sites excluding steroid dienone is 2. The zero-order valence-electron chi connectivity index (χ0n) is 8.65. The lowest BCUT2D eigenvalue weighted by Gasteiger charge is -2.11. The van der Waals surface area contributed by atoms with Crippen LogP contribution in [0.15, 0.2) is 42.0 Å². The van der Waals surface area contributed by atoms with Gasteiger partial charge in [0.15, 0.2) is 5.78 Å². The van der Waals surface area contributed by atoms with Crippen molar-refractivity contribution in [3.8, 4) is 0 Å². The first-order valence-electron chi connectivity index (χ1n) is 5.64. The van der Waals surface area contributed by atoms with Crippen LogP contribution in [0.4, 0.5) is 0 Å². The smallest absolute Gasteiger partial charge is 0.156 e. The van der Waals surface area contributed by atoms with Gasteiger partial charge in [0.1, 0.15) is 0 Å². The fourth-order valence-electron chi connectivity index (χ4n) is 2.96. The van der Waals surface area contributed by atoms with Crippen LogP contribution in [0, 0.1) is 5.92 Å². The summed E-state index contributed by atoms with van der Waals surface area (Å²) in [5.74, 6) is 1.40. The van der Waals surface area contributed by atoms with E-state index in [0.29, 0.717) is 17.6 Å². The summed E-state index contributed by atoms with van der Waals surface area (Å²) in [5, 5.41) is 0. The lowest BCUT2D eigenvalue weighted by molar-refractivity contribution is -0.114. The lowest BCUT2D eigenvalue weighted by atomic mass is 9.93. The van der Waals surface area contributed by atoms with Crippen LogP contribution in [0.5, 0.6) is 0 Å². The maximum absolute atomic E-state index is 11.4. The Labute approximate surface area is 89.8 Å². The van der Waals surface area contributed by atoms with Gasteiger partial charge in [0, 0.05) is 12.3 Å². The summed E-state index contributed by atoms with van der Waals surface area (Å²) in [7, 11) is 0. The van der Waals surface area contributed by atoms with E-state index in [4.69, 9.17) is 0 Å². The molecule has 1 fully saturated rings. The van der Waals surface area contributed by atoms with Gasteiger partial charge in [-0.2, -0.15) is 0 Å². The highest BCUT2D eigenvalue weighted by atomic mass is 16.1. The molecule has 3 rings (SSSR count). The summed E-state index contributed by atoms with van der Waals surface area (Å²) >= 11 is 0. The van der Waals surface area contributed by atoms with Gasteiger partial charge in [-0.3, -0.25) is 4.79 Å². The van der Waals surface area contributed by atoms with Gasteiger partial charge < -0.3 is 0 Å². The Morgan fingerprint density at radius 3 is 2.67 bits per heavy atom. The molecule has 0 heterocycles. The molecule has 15 heavy (non-hydrogen) atoms. The summed E-state index contributed by atoms with van der Waals surface area (Å²) in [4.78, 5) is 11.4. The zero-order valence-corrected chi connectivity index (χ0v) is 8.65. The number of ketones is 1. The molecule has 2 unspecified atom stereocenters. The predicted octanol–water partition coefficient (Wildman–Crippen LogP) is 3.08. The molecular formula is C14H14O. The molecule has 0 radical (unpaired) electrons. The van der Waals surface area contributed by atoms with Crippen molar-refractivity contribution in [2.75, 3.05) is 0 Å². The number of carbonyl (C=O) groups is 1. The molecular weight excluding hydrogens is 184 g/mol. The van der Waals surface area contributed by atoms with Crippen LogP contribution in [-0.2, 0) is 4.79 Å². The SMILES string of the molecule is O=C1C=C2C(CCC2c2ccccc2)C1. The van der Waals surface area contributed by atoms with Crippen LogP contribution in [0.25, 0.3) is 0 Å². The fourth-order valence-corrected chi connectivity index (χ4v) is 2.96. The van der Waals surface area contributed by atoms with Gasteiger partial charge in [-0.05, 0) is 30.4 Å².